The number of halogens is 1. The summed E-state index contributed by atoms with van der Waals surface area (Å²) in [5, 5.41) is 13.4. The summed E-state index contributed by atoms with van der Waals surface area (Å²) in [6.07, 6.45) is 0. The first-order valence-electron chi connectivity index (χ1n) is 6.41. The van der Waals surface area contributed by atoms with Gasteiger partial charge in [0.25, 0.3) is 11.6 Å². The lowest BCUT2D eigenvalue weighted by Gasteiger charge is -2.00. The monoisotopic (exact) mass is 299 g/mol. The van der Waals surface area contributed by atoms with Crippen LogP contribution in [0.15, 0.2) is 41.4 Å². The average molecular weight is 299 g/mol. The molecule has 0 aliphatic carbocycles. The maximum absolute atomic E-state index is 13.6. The normalized spacial score (nSPS) is 14.8. The summed E-state index contributed by atoms with van der Waals surface area (Å²) in [6, 6.07) is 8.36. The molecule has 0 aromatic heterocycles. The van der Waals surface area contributed by atoms with Gasteiger partial charge < -0.3 is 5.32 Å². The second-order valence-electron chi connectivity index (χ2n) is 4.84. The van der Waals surface area contributed by atoms with Gasteiger partial charge in [0.1, 0.15) is 11.5 Å². The number of aryl methyl sites for hydroxylation is 1. The Hall–Kier alpha value is -3.09. The number of nitro groups is 1. The molecule has 7 heteroatoms. The Morgan fingerprint density at radius 1 is 1.23 bits per heavy atom. The molecule has 0 unspecified atom stereocenters. The van der Waals surface area contributed by atoms with E-state index in [0.29, 0.717) is 16.8 Å². The smallest absolute Gasteiger partial charge is 0.275 e. The fourth-order valence-corrected chi connectivity index (χ4v) is 2.15. The quantitative estimate of drug-likeness (QED) is 0.683. The number of aliphatic imine (C=N–C) groups is 1. The van der Waals surface area contributed by atoms with E-state index in [4.69, 9.17) is 0 Å². The maximum atomic E-state index is 13.6. The predicted molar refractivity (Wildman–Crippen MR) is 79.1 cm³/mol. The van der Waals surface area contributed by atoms with Crippen molar-refractivity contribution in [2.45, 2.75) is 6.92 Å². The number of carbonyl (C=O) groups excluding carboxylic acids is 1. The van der Waals surface area contributed by atoms with Gasteiger partial charge in [0.2, 0.25) is 0 Å². The topological polar surface area (TPSA) is 84.6 Å². The fourth-order valence-electron chi connectivity index (χ4n) is 2.15. The van der Waals surface area contributed by atoms with Gasteiger partial charge in [-0.1, -0.05) is 6.07 Å². The van der Waals surface area contributed by atoms with Crippen LogP contribution in [0.4, 0.5) is 21.5 Å². The van der Waals surface area contributed by atoms with Crippen molar-refractivity contribution in [1.82, 2.24) is 0 Å². The van der Waals surface area contributed by atoms with Crippen LogP contribution >= 0.6 is 0 Å². The number of nitrogens with zero attached hydrogens (tertiary/aromatic N) is 2. The summed E-state index contributed by atoms with van der Waals surface area (Å²) in [5.41, 5.74) is 1.41. The molecule has 22 heavy (non-hydrogen) atoms. The first-order valence-corrected chi connectivity index (χ1v) is 6.41. The third-order valence-corrected chi connectivity index (χ3v) is 3.33. The van der Waals surface area contributed by atoms with E-state index in [9.17, 15) is 19.3 Å². The Morgan fingerprint density at radius 3 is 2.68 bits per heavy atom. The highest BCUT2D eigenvalue weighted by molar-refractivity contribution is 6.54. The Morgan fingerprint density at radius 2 is 2.00 bits per heavy atom. The fraction of sp³-hybridized carbons (Fsp3) is 0.0667. The molecule has 0 bridgehead atoms. The number of hydrogen-bond acceptors (Lipinski definition) is 4. The molecule has 1 aliphatic heterocycles. The van der Waals surface area contributed by atoms with Crippen LogP contribution in [0.2, 0.25) is 0 Å². The summed E-state index contributed by atoms with van der Waals surface area (Å²) < 4.78 is 13.6. The van der Waals surface area contributed by atoms with Gasteiger partial charge in [0.15, 0.2) is 0 Å². The number of non-ortho nitro benzene ring substituents is 1. The summed E-state index contributed by atoms with van der Waals surface area (Å²) in [6.45, 7) is 1.62. The molecule has 2 aromatic carbocycles. The Balaban J connectivity index is 2.10. The van der Waals surface area contributed by atoms with Crippen molar-refractivity contribution in [2.24, 2.45) is 4.99 Å². The summed E-state index contributed by atoms with van der Waals surface area (Å²) in [7, 11) is 0. The molecule has 3 rings (SSSR count). The van der Waals surface area contributed by atoms with Gasteiger partial charge in [0, 0.05) is 17.7 Å². The van der Waals surface area contributed by atoms with Crippen LogP contribution in [0, 0.1) is 22.9 Å². The average Bonchev–Trinajstić information content (AvgIpc) is 2.78. The second kappa shape index (κ2) is 5.03. The van der Waals surface area contributed by atoms with Gasteiger partial charge in [-0.15, -0.1) is 0 Å². The van der Waals surface area contributed by atoms with Gasteiger partial charge in [0.05, 0.1) is 16.3 Å². The maximum Gasteiger partial charge on any atom is 0.275 e. The summed E-state index contributed by atoms with van der Waals surface area (Å²) in [4.78, 5) is 26.4. The zero-order valence-electron chi connectivity index (χ0n) is 11.5. The summed E-state index contributed by atoms with van der Waals surface area (Å²) >= 11 is 0. The Bertz CT molecular complexity index is 846. The predicted octanol–water partition coefficient (Wildman–Crippen LogP) is 3.12. The zero-order valence-corrected chi connectivity index (χ0v) is 11.5. The molecule has 110 valence electrons. The number of nitrogens with one attached hydrogen (secondary N) is 1. The number of amides is 1. The van der Waals surface area contributed by atoms with Gasteiger partial charge in [-0.2, -0.15) is 0 Å². The van der Waals surface area contributed by atoms with E-state index in [1.807, 2.05) is 0 Å². The van der Waals surface area contributed by atoms with E-state index < -0.39 is 16.6 Å². The number of rotatable bonds is 2. The standard InChI is InChI=1S/C15H10FN3O3/c1-8-2-3-9(6-12(8)16)17-14-11-7-10(19(21)22)4-5-13(11)18-15(14)20/h2-7H,1H3,(H,17,18,20). The molecule has 0 fully saturated rings. The van der Waals surface area contributed by atoms with Crippen LogP contribution in [0.1, 0.15) is 11.1 Å². The number of carbonyl (C=O) groups is 1. The first kappa shape index (κ1) is 13.9. The number of anilines is 1. The second-order valence-corrected chi connectivity index (χ2v) is 4.84. The molecular formula is C15H10FN3O3. The number of fused-ring (bicyclic) bond motifs is 1. The zero-order chi connectivity index (χ0) is 15.9. The van der Waals surface area contributed by atoms with E-state index in [0.717, 1.165) is 0 Å². The third-order valence-electron chi connectivity index (χ3n) is 3.33. The molecule has 0 radical (unpaired) electrons. The lowest BCUT2D eigenvalue weighted by Crippen LogP contribution is -2.13. The molecule has 6 nitrogen and oxygen atoms in total. The highest BCUT2D eigenvalue weighted by Gasteiger charge is 2.28. The molecule has 1 N–H and O–H groups in total. The van der Waals surface area contributed by atoms with E-state index in [1.54, 1.807) is 19.1 Å². The molecule has 0 saturated carbocycles. The van der Waals surface area contributed by atoms with Crippen LogP contribution in [0.3, 0.4) is 0 Å². The van der Waals surface area contributed by atoms with Crippen LogP contribution in [-0.2, 0) is 4.79 Å². The van der Waals surface area contributed by atoms with Crippen LogP contribution in [-0.4, -0.2) is 16.5 Å². The van der Waals surface area contributed by atoms with Crippen molar-refractivity contribution < 1.29 is 14.1 Å². The molecule has 1 amide bonds. The third kappa shape index (κ3) is 2.32. The van der Waals surface area contributed by atoms with Crippen molar-refractivity contribution in [1.29, 1.82) is 0 Å². The molecular weight excluding hydrogens is 289 g/mol. The Kier molecular flexibility index (Phi) is 3.17. The lowest BCUT2D eigenvalue weighted by atomic mass is 10.1. The molecule has 0 saturated heterocycles. The van der Waals surface area contributed by atoms with Crippen LogP contribution in [0.5, 0.6) is 0 Å². The van der Waals surface area contributed by atoms with Crippen molar-refractivity contribution in [3.05, 3.63) is 63.5 Å². The van der Waals surface area contributed by atoms with Crippen molar-refractivity contribution in [3.63, 3.8) is 0 Å². The van der Waals surface area contributed by atoms with E-state index >= 15 is 0 Å². The largest absolute Gasteiger partial charge is 0.320 e. The number of hydrogen-bond donors (Lipinski definition) is 1. The Labute approximate surface area is 124 Å². The van der Waals surface area contributed by atoms with Gasteiger partial charge in [-0.25, -0.2) is 9.38 Å². The van der Waals surface area contributed by atoms with Gasteiger partial charge in [-0.05, 0) is 30.7 Å². The van der Waals surface area contributed by atoms with E-state index in [1.165, 1.54) is 24.3 Å². The molecule has 2 aromatic rings. The molecule has 0 atom stereocenters. The van der Waals surface area contributed by atoms with Gasteiger partial charge in [-0.3, -0.25) is 14.9 Å². The minimum atomic E-state index is -0.549. The first-order chi connectivity index (χ1) is 10.5. The van der Waals surface area contributed by atoms with Crippen LogP contribution in [0.25, 0.3) is 0 Å². The van der Waals surface area contributed by atoms with E-state index in [-0.39, 0.29) is 17.1 Å². The van der Waals surface area contributed by atoms with E-state index in [2.05, 4.69) is 10.3 Å². The SMILES string of the molecule is Cc1ccc(N=C2C(=O)Nc3ccc([N+](=O)[O-])cc32)cc1F. The van der Waals surface area contributed by atoms with Gasteiger partial charge >= 0.3 is 0 Å². The molecule has 1 heterocycles. The summed E-state index contributed by atoms with van der Waals surface area (Å²) in [5.74, 6) is -0.906. The number of benzene rings is 2. The molecule has 1 aliphatic rings. The molecule has 0 spiro atoms. The van der Waals surface area contributed by atoms with Crippen LogP contribution < -0.4 is 5.32 Å². The minimum Gasteiger partial charge on any atom is -0.320 e. The van der Waals surface area contributed by atoms with Crippen molar-refractivity contribution >= 4 is 28.7 Å². The lowest BCUT2D eigenvalue weighted by molar-refractivity contribution is -0.384. The van der Waals surface area contributed by atoms with Crippen molar-refractivity contribution in [3.8, 4) is 0 Å². The highest BCUT2D eigenvalue weighted by atomic mass is 19.1. The van der Waals surface area contributed by atoms with Crippen molar-refractivity contribution in [2.75, 3.05) is 5.32 Å². The number of nitro benzene ring substituents is 1. The highest BCUT2D eigenvalue weighted by Crippen LogP contribution is 2.29. The minimum absolute atomic E-state index is 0.0296.